The Balaban J connectivity index is 2.67. The van der Waals surface area contributed by atoms with Gasteiger partial charge in [0.25, 0.3) is 0 Å². The first-order valence-corrected chi connectivity index (χ1v) is 8.22. The first-order chi connectivity index (χ1) is 11.2. The third-order valence-corrected chi connectivity index (χ3v) is 3.81. The summed E-state index contributed by atoms with van der Waals surface area (Å²) >= 11 is 0. The van der Waals surface area contributed by atoms with Crippen LogP contribution in [0.25, 0.3) is 11.3 Å². The average Bonchev–Trinajstić information content (AvgIpc) is 2.54. The minimum atomic E-state index is -0.0685. The standard InChI is InChI=1S/C20H27N3O/c1-15-9-11-17(12-10-15)18-8-7-13-23(14-20(3,4)5)19(24)22(6)16(2)21-18/h7-13H,14H2,1-6H3. The van der Waals surface area contributed by atoms with Crippen LogP contribution in [0.4, 0.5) is 0 Å². The highest BCUT2D eigenvalue weighted by Gasteiger charge is 2.12. The van der Waals surface area contributed by atoms with Gasteiger partial charge in [-0.25, -0.2) is 9.78 Å². The molecule has 4 heteroatoms. The largest absolute Gasteiger partial charge is 0.329 e. The van der Waals surface area contributed by atoms with Crippen molar-refractivity contribution in [2.24, 2.45) is 12.5 Å². The summed E-state index contributed by atoms with van der Waals surface area (Å²) < 4.78 is 3.34. The molecule has 0 saturated heterocycles. The Bertz CT molecular complexity index is 819. The summed E-state index contributed by atoms with van der Waals surface area (Å²) in [5.74, 6) is 0.675. The monoisotopic (exact) mass is 325 g/mol. The van der Waals surface area contributed by atoms with Gasteiger partial charge in [0.1, 0.15) is 5.82 Å². The Morgan fingerprint density at radius 1 is 1.04 bits per heavy atom. The molecule has 0 amide bonds. The molecule has 1 heterocycles. The van der Waals surface area contributed by atoms with E-state index in [1.165, 1.54) is 5.56 Å². The van der Waals surface area contributed by atoms with Crippen LogP contribution in [-0.4, -0.2) is 14.1 Å². The summed E-state index contributed by atoms with van der Waals surface area (Å²) in [6.45, 7) is 10.9. The van der Waals surface area contributed by atoms with Gasteiger partial charge in [0.05, 0.1) is 5.69 Å². The van der Waals surface area contributed by atoms with Crippen molar-refractivity contribution in [2.45, 2.75) is 41.2 Å². The fourth-order valence-corrected chi connectivity index (χ4v) is 2.44. The van der Waals surface area contributed by atoms with Crippen molar-refractivity contribution in [2.75, 3.05) is 0 Å². The Hall–Kier alpha value is -2.36. The number of benzene rings is 1. The van der Waals surface area contributed by atoms with Crippen LogP contribution in [0.3, 0.4) is 0 Å². The smallest absolute Gasteiger partial charge is 0.300 e. The zero-order valence-corrected chi connectivity index (χ0v) is 15.5. The molecule has 0 aliphatic rings. The van der Waals surface area contributed by atoms with Gasteiger partial charge in [-0.05, 0) is 31.4 Å². The Morgan fingerprint density at radius 2 is 1.67 bits per heavy atom. The van der Waals surface area contributed by atoms with Crippen LogP contribution in [0.5, 0.6) is 0 Å². The molecule has 4 nitrogen and oxygen atoms in total. The molecular weight excluding hydrogens is 298 g/mol. The lowest BCUT2D eigenvalue weighted by molar-refractivity contribution is 0.333. The Kier molecular flexibility index (Phi) is 5.27. The van der Waals surface area contributed by atoms with E-state index in [1.807, 2.05) is 25.3 Å². The van der Waals surface area contributed by atoms with Gasteiger partial charge in [-0.15, -0.1) is 0 Å². The number of hydrogen-bond acceptors (Lipinski definition) is 2. The van der Waals surface area contributed by atoms with E-state index in [2.05, 4.69) is 56.9 Å². The molecule has 128 valence electrons. The zero-order chi connectivity index (χ0) is 17.9. The van der Waals surface area contributed by atoms with Gasteiger partial charge in [-0.1, -0.05) is 50.6 Å². The molecule has 24 heavy (non-hydrogen) atoms. The van der Waals surface area contributed by atoms with Crippen molar-refractivity contribution in [3.63, 3.8) is 0 Å². The summed E-state index contributed by atoms with van der Waals surface area (Å²) in [5.41, 5.74) is 3.04. The molecule has 0 saturated carbocycles. The number of aryl methyl sites for hydroxylation is 2. The Labute approximate surface area is 144 Å². The minimum Gasteiger partial charge on any atom is -0.300 e. The van der Waals surface area contributed by atoms with E-state index in [0.717, 1.165) is 11.3 Å². The van der Waals surface area contributed by atoms with Crippen molar-refractivity contribution in [3.8, 4) is 11.3 Å². The topological polar surface area (TPSA) is 39.8 Å². The summed E-state index contributed by atoms with van der Waals surface area (Å²) in [7, 11) is 1.77. The predicted octanol–water partition coefficient (Wildman–Crippen LogP) is 4.04. The third-order valence-electron chi connectivity index (χ3n) is 3.81. The molecule has 1 aromatic heterocycles. The van der Waals surface area contributed by atoms with Crippen LogP contribution in [0.15, 0.2) is 47.4 Å². The second kappa shape index (κ2) is 7.04. The second-order valence-corrected chi connectivity index (χ2v) is 7.45. The van der Waals surface area contributed by atoms with Crippen molar-refractivity contribution < 1.29 is 0 Å². The summed E-state index contributed by atoms with van der Waals surface area (Å²) in [5, 5.41) is 0. The van der Waals surface area contributed by atoms with Gasteiger partial charge in [-0.2, -0.15) is 0 Å². The summed E-state index contributed by atoms with van der Waals surface area (Å²) in [6, 6.07) is 12.1. The van der Waals surface area contributed by atoms with Crippen molar-refractivity contribution in [1.82, 2.24) is 14.1 Å². The molecule has 0 spiro atoms. The maximum absolute atomic E-state index is 12.7. The molecule has 0 aliphatic carbocycles. The highest BCUT2D eigenvalue weighted by atomic mass is 16.1. The van der Waals surface area contributed by atoms with E-state index in [-0.39, 0.29) is 11.1 Å². The van der Waals surface area contributed by atoms with Gasteiger partial charge in [0.2, 0.25) is 0 Å². The maximum Gasteiger partial charge on any atom is 0.329 e. The average molecular weight is 325 g/mol. The lowest BCUT2D eigenvalue weighted by Gasteiger charge is -2.19. The fourth-order valence-electron chi connectivity index (χ4n) is 2.44. The number of aromatic nitrogens is 3. The van der Waals surface area contributed by atoms with Crippen LogP contribution in [0, 0.1) is 19.3 Å². The van der Waals surface area contributed by atoms with E-state index in [0.29, 0.717) is 12.4 Å². The summed E-state index contributed by atoms with van der Waals surface area (Å²) in [6.07, 6.45) is 1.84. The van der Waals surface area contributed by atoms with Crippen LogP contribution >= 0.6 is 0 Å². The molecule has 2 aromatic rings. The zero-order valence-electron chi connectivity index (χ0n) is 15.5. The number of hydrogen-bond donors (Lipinski definition) is 0. The maximum atomic E-state index is 12.7. The van der Waals surface area contributed by atoms with Crippen LogP contribution in [0.1, 0.15) is 32.2 Å². The van der Waals surface area contributed by atoms with Gasteiger partial charge < -0.3 is 4.57 Å². The van der Waals surface area contributed by atoms with E-state index in [4.69, 9.17) is 0 Å². The molecule has 0 atom stereocenters. The first-order valence-electron chi connectivity index (χ1n) is 8.22. The van der Waals surface area contributed by atoms with Gasteiger partial charge >= 0.3 is 5.69 Å². The molecule has 2 rings (SSSR count). The quantitative estimate of drug-likeness (QED) is 0.836. The second-order valence-electron chi connectivity index (χ2n) is 7.45. The van der Waals surface area contributed by atoms with E-state index < -0.39 is 0 Å². The number of nitrogens with zero attached hydrogens (tertiary/aromatic N) is 3. The minimum absolute atomic E-state index is 0.0173. The molecular formula is C20H27N3O. The lowest BCUT2D eigenvalue weighted by atomic mass is 9.97. The molecule has 0 fully saturated rings. The third kappa shape index (κ3) is 4.57. The number of rotatable bonds is 2. The summed E-state index contributed by atoms with van der Waals surface area (Å²) in [4.78, 5) is 17.4. The molecule has 0 bridgehead atoms. The molecule has 0 aliphatic heterocycles. The Morgan fingerprint density at radius 3 is 2.25 bits per heavy atom. The first kappa shape index (κ1) is 18.0. The fraction of sp³-hybridized carbons (Fsp3) is 0.400. The van der Waals surface area contributed by atoms with Gasteiger partial charge in [0, 0.05) is 25.4 Å². The van der Waals surface area contributed by atoms with Crippen molar-refractivity contribution >= 4 is 0 Å². The highest BCUT2D eigenvalue weighted by molar-refractivity contribution is 5.58. The van der Waals surface area contributed by atoms with Crippen LogP contribution < -0.4 is 5.69 Å². The SMILES string of the molecule is Cc1ccc(-c2cccn(CC(C)(C)C)c(=O)n(C)c(C)n2)cc1. The van der Waals surface area contributed by atoms with Crippen molar-refractivity contribution in [3.05, 3.63) is 64.5 Å². The van der Waals surface area contributed by atoms with Crippen LogP contribution in [-0.2, 0) is 13.6 Å². The van der Waals surface area contributed by atoms with Crippen LogP contribution in [0.2, 0.25) is 0 Å². The normalized spacial score (nSPS) is 11.2. The highest BCUT2D eigenvalue weighted by Crippen LogP contribution is 2.17. The molecule has 0 radical (unpaired) electrons. The molecule has 0 unspecified atom stereocenters. The van der Waals surface area contributed by atoms with E-state index in [9.17, 15) is 4.79 Å². The van der Waals surface area contributed by atoms with Gasteiger partial charge in [0.15, 0.2) is 0 Å². The predicted molar refractivity (Wildman–Crippen MR) is 99.5 cm³/mol. The van der Waals surface area contributed by atoms with Crippen molar-refractivity contribution in [1.29, 1.82) is 0 Å². The molecule has 0 N–H and O–H groups in total. The van der Waals surface area contributed by atoms with E-state index >= 15 is 0 Å². The molecule has 1 aromatic carbocycles. The van der Waals surface area contributed by atoms with Gasteiger partial charge in [-0.3, -0.25) is 4.57 Å². The van der Waals surface area contributed by atoms with E-state index in [1.54, 1.807) is 16.2 Å². The lowest BCUT2D eigenvalue weighted by Crippen LogP contribution is -2.31.